The molecule has 0 spiro atoms. The summed E-state index contributed by atoms with van der Waals surface area (Å²) in [7, 11) is 0. The first-order valence-electron chi connectivity index (χ1n) is 5.43. The van der Waals surface area contributed by atoms with E-state index in [4.69, 9.17) is 4.74 Å². The largest absolute Gasteiger partial charge is 0.463 e. The summed E-state index contributed by atoms with van der Waals surface area (Å²) in [6.45, 7) is 1.51. The molecule has 0 aromatic rings. The van der Waals surface area contributed by atoms with Crippen molar-refractivity contribution < 1.29 is 9.53 Å². The van der Waals surface area contributed by atoms with Crippen LogP contribution >= 0.6 is 0 Å². The Bertz CT molecular complexity index is 200. The first kappa shape index (κ1) is 9.04. The van der Waals surface area contributed by atoms with Gasteiger partial charge in [0.15, 0.2) is 0 Å². The molecule has 2 fully saturated rings. The lowest BCUT2D eigenvalue weighted by Crippen LogP contribution is -2.27. The average molecular weight is 182 g/mol. The molecule has 74 valence electrons. The lowest BCUT2D eigenvalue weighted by molar-refractivity contribution is -0.149. The van der Waals surface area contributed by atoms with Gasteiger partial charge < -0.3 is 4.74 Å². The Morgan fingerprint density at radius 2 is 1.92 bits per heavy atom. The van der Waals surface area contributed by atoms with E-state index in [2.05, 4.69) is 0 Å². The van der Waals surface area contributed by atoms with E-state index in [0.717, 1.165) is 24.7 Å². The van der Waals surface area contributed by atoms with Crippen LogP contribution in [0.2, 0.25) is 0 Å². The third-order valence-electron chi connectivity index (χ3n) is 3.57. The van der Waals surface area contributed by atoms with Gasteiger partial charge in [0.2, 0.25) is 0 Å². The fraction of sp³-hybridized carbons (Fsp3) is 0.909. The lowest BCUT2D eigenvalue weighted by Gasteiger charge is -2.31. The summed E-state index contributed by atoms with van der Waals surface area (Å²) in [5, 5.41) is 0. The van der Waals surface area contributed by atoms with E-state index in [0.29, 0.717) is 0 Å². The monoisotopic (exact) mass is 182 g/mol. The molecule has 2 heteroatoms. The standard InChI is InChI=1S/C11H18O2/c1-8(12)13-11-6-5-9-3-2-4-10(9)7-11/h9-11H,2-7H2,1H3/t9-,10+,11-/m0/s1. The summed E-state index contributed by atoms with van der Waals surface area (Å²) in [4.78, 5) is 10.8. The Kier molecular flexibility index (Phi) is 2.56. The highest BCUT2D eigenvalue weighted by Crippen LogP contribution is 2.42. The second kappa shape index (κ2) is 3.69. The zero-order valence-corrected chi connectivity index (χ0v) is 8.29. The van der Waals surface area contributed by atoms with Gasteiger partial charge in [0.1, 0.15) is 6.10 Å². The first-order valence-corrected chi connectivity index (χ1v) is 5.43. The SMILES string of the molecule is CC(=O)O[C@H]1CC[C@@H]2CCC[C@@H]2C1. The van der Waals surface area contributed by atoms with Gasteiger partial charge in [-0.15, -0.1) is 0 Å². The van der Waals surface area contributed by atoms with Gasteiger partial charge in [-0.3, -0.25) is 4.79 Å². The smallest absolute Gasteiger partial charge is 0.302 e. The maximum absolute atomic E-state index is 10.8. The number of carbonyl (C=O) groups excluding carboxylic acids is 1. The minimum Gasteiger partial charge on any atom is -0.463 e. The van der Waals surface area contributed by atoms with Crippen LogP contribution < -0.4 is 0 Å². The normalized spacial score (nSPS) is 38.4. The van der Waals surface area contributed by atoms with Crippen LogP contribution in [0.5, 0.6) is 0 Å². The summed E-state index contributed by atoms with van der Waals surface area (Å²) < 4.78 is 5.26. The highest BCUT2D eigenvalue weighted by atomic mass is 16.5. The van der Waals surface area contributed by atoms with Gasteiger partial charge in [-0.25, -0.2) is 0 Å². The number of rotatable bonds is 1. The maximum atomic E-state index is 10.8. The van der Waals surface area contributed by atoms with E-state index in [9.17, 15) is 4.79 Å². The molecule has 0 radical (unpaired) electrons. The van der Waals surface area contributed by atoms with Crippen molar-refractivity contribution in [1.29, 1.82) is 0 Å². The van der Waals surface area contributed by atoms with Crippen molar-refractivity contribution in [3.8, 4) is 0 Å². The van der Waals surface area contributed by atoms with Crippen LogP contribution in [0.4, 0.5) is 0 Å². The predicted octanol–water partition coefficient (Wildman–Crippen LogP) is 2.52. The third kappa shape index (κ3) is 2.04. The predicted molar refractivity (Wildman–Crippen MR) is 50.2 cm³/mol. The molecule has 2 saturated carbocycles. The van der Waals surface area contributed by atoms with E-state index in [1.807, 2.05) is 0 Å². The van der Waals surface area contributed by atoms with Crippen LogP contribution in [0, 0.1) is 11.8 Å². The van der Waals surface area contributed by atoms with Crippen molar-refractivity contribution in [3.63, 3.8) is 0 Å². The van der Waals surface area contributed by atoms with E-state index >= 15 is 0 Å². The molecule has 2 aliphatic rings. The molecule has 2 rings (SSSR count). The van der Waals surface area contributed by atoms with Crippen LogP contribution in [0.1, 0.15) is 45.4 Å². The van der Waals surface area contributed by atoms with Gasteiger partial charge in [0.05, 0.1) is 0 Å². The molecule has 0 aliphatic heterocycles. The van der Waals surface area contributed by atoms with Crippen molar-refractivity contribution in [1.82, 2.24) is 0 Å². The van der Waals surface area contributed by atoms with Crippen LogP contribution in [0.3, 0.4) is 0 Å². The summed E-state index contributed by atoms with van der Waals surface area (Å²) >= 11 is 0. The number of carbonyl (C=O) groups is 1. The number of esters is 1. The Hall–Kier alpha value is -0.530. The van der Waals surface area contributed by atoms with Crippen molar-refractivity contribution in [3.05, 3.63) is 0 Å². The van der Waals surface area contributed by atoms with Gasteiger partial charge in [-0.05, 0) is 31.1 Å². The molecule has 0 aromatic heterocycles. The molecule has 0 saturated heterocycles. The Balaban J connectivity index is 1.86. The minimum atomic E-state index is -0.110. The van der Waals surface area contributed by atoms with E-state index < -0.39 is 0 Å². The zero-order valence-electron chi connectivity index (χ0n) is 8.29. The van der Waals surface area contributed by atoms with Gasteiger partial charge in [0.25, 0.3) is 0 Å². The van der Waals surface area contributed by atoms with E-state index in [1.165, 1.54) is 32.6 Å². The van der Waals surface area contributed by atoms with Gasteiger partial charge in [0, 0.05) is 6.92 Å². The Morgan fingerprint density at radius 1 is 1.15 bits per heavy atom. The molecule has 13 heavy (non-hydrogen) atoms. The number of hydrogen-bond acceptors (Lipinski definition) is 2. The topological polar surface area (TPSA) is 26.3 Å². The maximum Gasteiger partial charge on any atom is 0.302 e. The van der Waals surface area contributed by atoms with Gasteiger partial charge in [-0.2, -0.15) is 0 Å². The summed E-state index contributed by atoms with van der Waals surface area (Å²) in [5.74, 6) is 1.70. The molecule has 0 aromatic carbocycles. The third-order valence-corrected chi connectivity index (χ3v) is 3.57. The quantitative estimate of drug-likeness (QED) is 0.582. The van der Waals surface area contributed by atoms with Crippen molar-refractivity contribution in [2.75, 3.05) is 0 Å². The van der Waals surface area contributed by atoms with Crippen molar-refractivity contribution in [2.24, 2.45) is 11.8 Å². The van der Waals surface area contributed by atoms with Crippen molar-refractivity contribution in [2.45, 2.75) is 51.6 Å². The lowest BCUT2D eigenvalue weighted by atomic mass is 9.80. The van der Waals surface area contributed by atoms with Crippen LogP contribution in [0.25, 0.3) is 0 Å². The molecular weight excluding hydrogens is 164 g/mol. The number of ether oxygens (including phenoxy) is 1. The van der Waals surface area contributed by atoms with Crippen molar-refractivity contribution >= 4 is 5.97 Å². The van der Waals surface area contributed by atoms with Crippen LogP contribution in [-0.4, -0.2) is 12.1 Å². The molecule has 2 aliphatic carbocycles. The first-order chi connectivity index (χ1) is 6.25. The summed E-state index contributed by atoms with van der Waals surface area (Å²) in [6.07, 6.45) is 7.91. The average Bonchev–Trinajstić information content (AvgIpc) is 2.49. The second-order valence-corrected chi connectivity index (χ2v) is 4.50. The molecule has 0 N–H and O–H groups in total. The Morgan fingerprint density at radius 3 is 2.69 bits per heavy atom. The van der Waals surface area contributed by atoms with E-state index in [1.54, 1.807) is 0 Å². The highest BCUT2D eigenvalue weighted by Gasteiger charge is 2.34. The molecular formula is C11H18O2. The molecule has 0 bridgehead atoms. The highest BCUT2D eigenvalue weighted by molar-refractivity contribution is 5.66. The summed E-state index contributed by atoms with van der Waals surface area (Å²) in [6, 6.07) is 0. The summed E-state index contributed by atoms with van der Waals surface area (Å²) in [5.41, 5.74) is 0. The van der Waals surface area contributed by atoms with E-state index in [-0.39, 0.29) is 12.1 Å². The molecule has 0 amide bonds. The molecule has 3 atom stereocenters. The zero-order chi connectivity index (χ0) is 9.26. The van der Waals surface area contributed by atoms with Crippen LogP contribution in [-0.2, 0) is 9.53 Å². The van der Waals surface area contributed by atoms with Crippen LogP contribution in [0.15, 0.2) is 0 Å². The number of hydrogen-bond donors (Lipinski definition) is 0. The van der Waals surface area contributed by atoms with Gasteiger partial charge in [-0.1, -0.05) is 19.3 Å². The molecule has 2 nitrogen and oxygen atoms in total. The fourth-order valence-electron chi connectivity index (χ4n) is 3.00. The Labute approximate surface area is 79.7 Å². The second-order valence-electron chi connectivity index (χ2n) is 4.50. The number of fused-ring (bicyclic) bond motifs is 1. The molecule has 0 heterocycles. The minimum absolute atomic E-state index is 0.110. The molecule has 0 unspecified atom stereocenters. The fourth-order valence-corrected chi connectivity index (χ4v) is 3.00. The van der Waals surface area contributed by atoms with Gasteiger partial charge >= 0.3 is 5.97 Å².